The van der Waals surface area contributed by atoms with E-state index in [-0.39, 0.29) is 6.90 Å². The van der Waals surface area contributed by atoms with E-state index in [9.17, 15) is 0 Å². The van der Waals surface area contributed by atoms with Crippen LogP contribution in [0.4, 0.5) is 0 Å². The fourth-order valence-corrected chi connectivity index (χ4v) is 1.45. The highest BCUT2D eigenvalue weighted by Crippen LogP contribution is 2.10. The average molecular weight is 253 g/mol. The van der Waals surface area contributed by atoms with Gasteiger partial charge in [0.2, 0.25) is 0 Å². The van der Waals surface area contributed by atoms with Crippen LogP contribution in [0.3, 0.4) is 0 Å². The molecule has 17 heavy (non-hydrogen) atoms. The highest BCUT2D eigenvalue weighted by Gasteiger charge is 2.06. The summed E-state index contributed by atoms with van der Waals surface area (Å²) in [4.78, 5) is 0. The van der Waals surface area contributed by atoms with Crippen molar-refractivity contribution in [1.82, 2.24) is 5.32 Å². The Hall–Kier alpha value is -0.200. The third kappa shape index (κ3) is 12.1. The maximum Gasteiger partial charge on any atom is 0.128 e. The second-order valence-electron chi connectivity index (χ2n) is 3.72. The van der Waals surface area contributed by atoms with Gasteiger partial charge in [0.05, 0.1) is 19.3 Å². The van der Waals surface area contributed by atoms with Gasteiger partial charge in [-0.15, -0.1) is 0 Å². The van der Waals surface area contributed by atoms with Crippen LogP contribution in [0.25, 0.3) is 0 Å². The number of aliphatic hydroxyl groups excluding tert-OH is 1. The number of ether oxygens (including phenoxy) is 2. The van der Waals surface area contributed by atoms with E-state index in [0.717, 1.165) is 19.8 Å². The van der Waals surface area contributed by atoms with Crippen LogP contribution in [0.15, 0.2) is 0 Å². The molecule has 0 saturated carbocycles. The summed E-state index contributed by atoms with van der Waals surface area (Å²) in [5, 5.41) is 11.5. The molecule has 5 nitrogen and oxygen atoms in total. The van der Waals surface area contributed by atoms with Gasteiger partial charge in [-0.25, -0.2) is 0 Å². The Morgan fingerprint density at radius 2 is 1.94 bits per heavy atom. The first-order valence-corrected chi connectivity index (χ1v) is 6.40. The lowest BCUT2D eigenvalue weighted by molar-refractivity contribution is -0.0161. The molecule has 2 fully saturated rings. The zero-order valence-corrected chi connectivity index (χ0v) is 11.4. The van der Waals surface area contributed by atoms with Crippen LogP contribution in [-0.4, -0.2) is 49.3 Å². The Bertz CT molecular complexity index is 124. The first-order chi connectivity index (χ1) is 7.79. The van der Waals surface area contributed by atoms with Gasteiger partial charge in [-0.05, 0) is 26.2 Å². The zero-order valence-electron chi connectivity index (χ0n) is 11.4. The second kappa shape index (κ2) is 13.9. The van der Waals surface area contributed by atoms with E-state index in [1.165, 1.54) is 19.3 Å². The number of aliphatic hydroxyl groups is 1. The van der Waals surface area contributed by atoms with Gasteiger partial charge in [-0.2, -0.15) is 0 Å². The highest BCUT2D eigenvalue weighted by molar-refractivity contribution is 4.56. The highest BCUT2D eigenvalue weighted by atomic mass is 16.5. The lowest BCUT2D eigenvalue weighted by Gasteiger charge is -2.17. The molecule has 2 aliphatic rings. The van der Waals surface area contributed by atoms with Crippen molar-refractivity contribution in [2.75, 3.05) is 26.4 Å². The van der Waals surface area contributed by atoms with Crippen molar-refractivity contribution >= 4 is 0 Å². The summed E-state index contributed by atoms with van der Waals surface area (Å²) < 4.78 is 10.1. The molecule has 4 N–H and O–H groups in total. The molecule has 0 radical (unpaired) electrons. The predicted molar refractivity (Wildman–Crippen MR) is 71.2 cm³/mol. The summed E-state index contributed by atoms with van der Waals surface area (Å²) in [5.41, 5.74) is 0. The van der Waals surface area contributed by atoms with Gasteiger partial charge in [0.15, 0.2) is 0 Å². The Kier molecular flexibility index (Phi) is 15.6. The van der Waals surface area contributed by atoms with E-state index in [1.807, 2.05) is 13.8 Å². The molecule has 0 aromatic heterocycles. The van der Waals surface area contributed by atoms with Crippen molar-refractivity contribution in [2.45, 2.75) is 52.4 Å². The van der Waals surface area contributed by atoms with Crippen LogP contribution in [0.1, 0.15) is 41.5 Å². The zero-order chi connectivity index (χ0) is 12.2. The molecule has 0 spiro atoms. The van der Waals surface area contributed by atoms with E-state index in [1.54, 1.807) is 0 Å². The first-order valence-electron chi connectivity index (χ1n) is 6.40. The van der Waals surface area contributed by atoms with Crippen molar-refractivity contribution in [1.29, 1.82) is 0 Å². The monoisotopic (exact) mass is 253 g/mol. The SMILES string of the molecule is CC.C[C@H]1CCCCO1.O.O[C@@H]1COCCN1.[HH]. The van der Waals surface area contributed by atoms with Gasteiger partial charge >= 0.3 is 0 Å². The fourth-order valence-electron chi connectivity index (χ4n) is 1.45. The lowest BCUT2D eigenvalue weighted by atomic mass is 10.1. The molecule has 2 rings (SSSR count). The van der Waals surface area contributed by atoms with Gasteiger partial charge in [0.1, 0.15) is 6.23 Å². The molecule has 2 heterocycles. The summed E-state index contributed by atoms with van der Waals surface area (Å²) >= 11 is 0. The molecule has 0 unspecified atom stereocenters. The van der Waals surface area contributed by atoms with E-state index in [4.69, 9.17) is 14.6 Å². The molecule has 2 aliphatic heterocycles. The number of hydrogen-bond acceptors (Lipinski definition) is 4. The van der Waals surface area contributed by atoms with Gasteiger partial charge in [0, 0.05) is 14.6 Å². The third-order valence-electron chi connectivity index (χ3n) is 2.31. The Morgan fingerprint density at radius 1 is 1.24 bits per heavy atom. The smallest absolute Gasteiger partial charge is 0.128 e. The third-order valence-corrected chi connectivity index (χ3v) is 2.31. The Balaban J connectivity index is -0.000000200. The number of nitrogens with one attached hydrogen (secondary N) is 1. The minimum Gasteiger partial charge on any atom is -0.412 e. The minimum absolute atomic E-state index is 0. The fraction of sp³-hybridized carbons (Fsp3) is 1.00. The topological polar surface area (TPSA) is 82.2 Å². The normalized spacial score (nSPS) is 27.5. The van der Waals surface area contributed by atoms with Crippen LogP contribution in [0.2, 0.25) is 0 Å². The molecular formula is C12H31NO4. The van der Waals surface area contributed by atoms with Crippen molar-refractivity contribution < 1.29 is 21.5 Å². The van der Waals surface area contributed by atoms with Gasteiger partial charge in [-0.3, -0.25) is 5.32 Å². The van der Waals surface area contributed by atoms with Crippen LogP contribution in [-0.2, 0) is 9.47 Å². The summed E-state index contributed by atoms with van der Waals surface area (Å²) in [6.07, 6.45) is 3.99. The number of hydrogen-bond donors (Lipinski definition) is 2. The molecule has 2 atom stereocenters. The van der Waals surface area contributed by atoms with Crippen molar-refractivity contribution in [2.24, 2.45) is 0 Å². The summed E-state index contributed by atoms with van der Waals surface area (Å²) in [5.74, 6) is 0. The van der Waals surface area contributed by atoms with Crippen molar-refractivity contribution in [3.63, 3.8) is 0 Å². The van der Waals surface area contributed by atoms with E-state index in [0.29, 0.717) is 12.7 Å². The van der Waals surface area contributed by atoms with Crippen LogP contribution >= 0.6 is 0 Å². The maximum atomic E-state index is 8.67. The average Bonchev–Trinajstić information content (AvgIpc) is 2.34. The molecule has 2 saturated heterocycles. The minimum atomic E-state index is -0.436. The van der Waals surface area contributed by atoms with Crippen LogP contribution in [0, 0.1) is 0 Å². The molecule has 108 valence electrons. The van der Waals surface area contributed by atoms with Gasteiger partial charge < -0.3 is 20.1 Å². The summed E-state index contributed by atoms with van der Waals surface area (Å²) in [6.45, 7) is 9.04. The van der Waals surface area contributed by atoms with E-state index < -0.39 is 6.23 Å². The molecule has 0 aromatic rings. The van der Waals surface area contributed by atoms with Crippen molar-refractivity contribution in [3.05, 3.63) is 0 Å². The molecule has 0 aromatic carbocycles. The summed E-state index contributed by atoms with van der Waals surface area (Å²) in [6, 6.07) is 0. The molecule has 0 amide bonds. The van der Waals surface area contributed by atoms with Gasteiger partial charge in [0.25, 0.3) is 0 Å². The van der Waals surface area contributed by atoms with Crippen LogP contribution in [0.5, 0.6) is 0 Å². The Labute approximate surface area is 106 Å². The lowest BCUT2D eigenvalue weighted by Crippen LogP contribution is -2.40. The summed E-state index contributed by atoms with van der Waals surface area (Å²) in [7, 11) is 0. The van der Waals surface area contributed by atoms with Crippen molar-refractivity contribution in [3.8, 4) is 0 Å². The second-order valence-corrected chi connectivity index (χ2v) is 3.72. The van der Waals surface area contributed by atoms with E-state index >= 15 is 0 Å². The quantitative estimate of drug-likeness (QED) is 0.673. The number of morpholine rings is 1. The molecule has 0 bridgehead atoms. The van der Waals surface area contributed by atoms with Crippen LogP contribution < -0.4 is 5.32 Å². The molecule has 0 aliphatic carbocycles. The first kappa shape index (κ1) is 19.1. The predicted octanol–water partition coefficient (Wildman–Crippen LogP) is 0.948. The Morgan fingerprint density at radius 3 is 2.18 bits per heavy atom. The largest absolute Gasteiger partial charge is 0.412 e. The molecular weight excluding hydrogens is 222 g/mol. The van der Waals surface area contributed by atoms with E-state index in [2.05, 4.69) is 12.2 Å². The molecule has 5 heteroatoms. The van der Waals surface area contributed by atoms with Gasteiger partial charge in [-0.1, -0.05) is 13.8 Å². The number of rotatable bonds is 0. The maximum absolute atomic E-state index is 8.67. The standard InChI is InChI=1S/C6H12O.C4H9NO2.C2H6.H2O.H2/c1-6-4-2-3-5-7-6;6-4-3-7-2-1-5-4;1-2;;/h6H,2-5H2,1H3;4-6H,1-3H2;1-2H3;1H2;1H/t6-;4-;;;/m01.../s1.